The standard InChI is InChI=1S/C30H22S2/c1-3-11-21(12-4-1)19-27-29(23-15-7-9-17-25(23)31-27)30-24-16-8-10-18-26(24)32-28(30)20-22-13-5-2-6-14-22/h1-18H,19-20H2. The molecule has 6 rings (SSSR count). The number of fused-ring (bicyclic) bond motifs is 2. The van der Waals surface area contributed by atoms with Crippen LogP contribution in [0.3, 0.4) is 0 Å². The summed E-state index contributed by atoms with van der Waals surface area (Å²) in [7, 11) is 0. The minimum atomic E-state index is 0.963. The van der Waals surface area contributed by atoms with Crippen molar-refractivity contribution in [3.8, 4) is 11.1 Å². The van der Waals surface area contributed by atoms with E-state index in [9.17, 15) is 0 Å². The lowest BCUT2D eigenvalue weighted by molar-refractivity contribution is 1.23. The monoisotopic (exact) mass is 446 g/mol. The first kappa shape index (κ1) is 19.5. The van der Waals surface area contributed by atoms with E-state index >= 15 is 0 Å². The number of hydrogen-bond acceptors (Lipinski definition) is 2. The van der Waals surface area contributed by atoms with Crippen LogP contribution < -0.4 is 0 Å². The van der Waals surface area contributed by atoms with E-state index in [2.05, 4.69) is 109 Å². The summed E-state index contributed by atoms with van der Waals surface area (Å²) in [6.07, 6.45) is 1.93. The maximum Gasteiger partial charge on any atom is 0.0352 e. The van der Waals surface area contributed by atoms with Crippen molar-refractivity contribution in [2.75, 3.05) is 0 Å². The molecule has 0 saturated heterocycles. The number of benzene rings is 4. The lowest BCUT2D eigenvalue weighted by Crippen LogP contribution is -1.91. The van der Waals surface area contributed by atoms with Crippen LogP contribution in [0, 0.1) is 0 Å². The molecular formula is C30H22S2. The third-order valence-electron chi connectivity index (χ3n) is 6.00. The van der Waals surface area contributed by atoms with Crippen LogP contribution in [0.15, 0.2) is 109 Å². The van der Waals surface area contributed by atoms with E-state index in [0.717, 1.165) is 12.8 Å². The van der Waals surface area contributed by atoms with Crippen LogP contribution in [0.25, 0.3) is 31.3 Å². The molecule has 0 saturated carbocycles. The van der Waals surface area contributed by atoms with Gasteiger partial charge in [-0.3, -0.25) is 0 Å². The SMILES string of the molecule is c1ccc(Cc2sc3ccccc3c2-c2c(Cc3ccccc3)sc3ccccc23)cc1. The number of hydrogen-bond donors (Lipinski definition) is 0. The van der Waals surface area contributed by atoms with Gasteiger partial charge in [0, 0.05) is 53.9 Å². The fraction of sp³-hybridized carbons (Fsp3) is 0.0667. The van der Waals surface area contributed by atoms with Gasteiger partial charge in [-0.25, -0.2) is 0 Å². The summed E-state index contributed by atoms with van der Waals surface area (Å²) in [5.41, 5.74) is 5.59. The maximum atomic E-state index is 2.30. The summed E-state index contributed by atoms with van der Waals surface area (Å²) >= 11 is 3.89. The minimum absolute atomic E-state index is 0.963. The highest BCUT2D eigenvalue weighted by molar-refractivity contribution is 7.21. The largest absolute Gasteiger partial charge is 0.139 e. The van der Waals surface area contributed by atoms with Gasteiger partial charge in [-0.1, -0.05) is 97.1 Å². The van der Waals surface area contributed by atoms with Gasteiger partial charge in [0.25, 0.3) is 0 Å². The molecule has 0 fully saturated rings. The van der Waals surface area contributed by atoms with Gasteiger partial charge in [-0.2, -0.15) is 0 Å². The van der Waals surface area contributed by atoms with E-state index in [1.54, 1.807) is 0 Å². The molecule has 0 aliphatic carbocycles. The first-order chi connectivity index (χ1) is 15.9. The molecule has 0 atom stereocenters. The van der Waals surface area contributed by atoms with Crippen molar-refractivity contribution in [3.63, 3.8) is 0 Å². The van der Waals surface area contributed by atoms with E-state index < -0.39 is 0 Å². The molecule has 6 aromatic rings. The van der Waals surface area contributed by atoms with E-state index in [0.29, 0.717) is 0 Å². The molecule has 2 heteroatoms. The molecule has 0 bridgehead atoms. The Hall–Kier alpha value is -3.20. The molecule has 32 heavy (non-hydrogen) atoms. The Bertz CT molecular complexity index is 1390. The topological polar surface area (TPSA) is 0 Å². The van der Waals surface area contributed by atoms with Crippen LogP contribution in [0.2, 0.25) is 0 Å². The Morgan fingerprint density at radius 1 is 0.406 bits per heavy atom. The van der Waals surface area contributed by atoms with Gasteiger partial charge in [-0.05, 0) is 23.3 Å². The smallest absolute Gasteiger partial charge is 0.0352 e. The van der Waals surface area contributed by atoms with Crippen molar-refractivity contribution in [3.05, 3.63) is 130 Å². The summed E-state index contributed by atoms with van der Waals surface area (Å²) in [4.78, 5) is 2.91. The molecule has 4 aromatic carbocycles. The molecule has 0 unspecified atom stereocenters. The van der Waals surface area contributed by atoms with Gasteiger partial charge in [-0.15, -0.1) is 22.7 Å². The summed E-state index contributed by atoms with van der Waals surface area (Å²) < 4.78 is 2.74. The molecule has 0 amide bonds. The fourth-order valence-corrected chi connectivity index (χ4v) is 7.04. The molecule has 2 aromatic heterocycles. The fourth-order valence-electron chi connectivity index (χ4n) is 4.55. The average Bonchev–Trinajstić information content (AvgIpc) is 3.37. The molecule has 0 radical (unpaired) electrons. The van der Waals surface area contributed by atoms with Crippen LogP contribution >= 0.6 is 22.7 Å². The Morgan fingerprint density at radius 2 is 0.781 bits per heavy atom. The number of rotatable bonds is 5. The predicted molar refractivity (Wildman–Crippen MR) is 141 cm³/mol. The third-order valence-corrected chi connectivity index (χ3v) is 8.34. The van der Waals surface area contributed by atoms with E-state index in [4.69, 9.17) is 0 Å². The normalized spacial score (nSPS) is 11.4. The Kier molecular flexibility index (Phi) is 5.10. The Balaban J connectivity index is 1.61. The maximum absolute atomic E-state index is 2.30. The molecule has 0 aliphatic rings. The van der Waals surface area contributed by atoms with Gasteiger partial charge >= 0.3 is 0 Å². The summed E-state index contributed by atoms with van der Waals surface area (Å²) in [6, 6.07) is 39.5. The van der Waals surface area contributed by atoms with Crippen molar-refractivity contribution >= 4 is 42.8 Å². The first-order valence-corrected chi connectivity index (χ1v) is 12.6. The van der Waals surface area contributed by atoms with Gasteiger partial charge in [0.05, 0.1) is 0 Å². The van der Waals surface area contributed by atoms with E-state index in [-0.39, 0.29) is 0 Å². The lowest BCUT2D eigenvalue weighted by Gasteiger charge is -2.09. The summed E-state index contributed by atoms with van der Waals surface area (Å²) in [6.45, 7) is 0. The molecule has 0 N–H and O–H groups in total. The van der Waals surface area contributed by atoms with Crippen LogP contribution in [-0.2, 0) is 12.8 Å². The van der Waals surface area contributed by atoms with Crippen molar-refractivity contribution in [2.45, 2.75) is 12.8 Å². The second-order valence-electron chi connectivity index (χ2n) is 8.12. The summed E-state index contributed by atoms with van der Waals surface area (Å²) in [5.74, 6) is 0. The van der Waals surface area contributed by atoms with Crippen LogP contribution in [-0.4, -0.2) is 0 Å². The van der Waals surface area contributed by atoms with Gasteiger partial charge in [0.15, 0.2) is 0 Å². The van der Waals surface area contributed by atoms with Gasteiger partial charge < -0.3 is 0 Å². The van der Waals surface area contributed by atoms with Crippen LogP contribution in [0.1, 0.15) is 20.9 Å². The molecule has 0 nitrogen and oxygen atoms in total. The molecule has 2 heterocycles. The highest BCUT2D eigenvalue weighted by Gasteiger charge is 2.21. The highest BCUT2D eigenvalue weighted by Crippen LogP contribution is 2.47. The van der Waals surface area contributed by atoms with E-state index in [1.807, 2.05) is 22.7 Å². The zero-order valence-electron chi connectivity index (χ0n) is 17.6. The highest BCUT2D eigenvalue weighted by atomic mass is 32.1. The second-order valence-corrected chi connectivity index (χ2v) is 10.4. The molecule has 154 valence electrons. The quantitative estimate of drug-likeness (QED) is 0.248. The summed E-state index contributed by atoms with van der Waals surface area (Å²) in [5, 5.41) is 2.75. The zero-order chi connectivity index (χ0) is 21.3. The molecule has 0 aliphatic heterocycles. The molecule has 0 spiro atoms. The Labute approximate surface area is 196 Å². The van der Waals surface area contributed by atoms with Crippen molar-refractivity contribution < 1.29 is 0 Å². The number of thiophene rings is 2. The van der Waals surface area contributed by atoms with Crippen molar-refractivity contribution in [2.24, 2.45) is 0 Å². The van der Waals surface area contributed by atoms with Crippen LogP contribution in [0.5, 0.6) is 0 Å². The van der Waals surface area contributed by atoms with Crippen molar-refractivity contribution in [1.82, 2.24) is 0 Å². The van der Waals surface area contributed by atoms with Crippen LogP contribution in [0.4, 0.5) is 0 Å². The van der Waals surface area contributed by atoms with Gasteiger partial charge in [0.2, 0.25) is 0 Å². The zero-order valence-corrected chi connectivity index (χ0v) is 19.3. The predicted octanol–water partition coefficient (Wildman–Crippen LogP) is 8.96. The van der Waals surface area contributed by atoms with Gasteiger partial charge in [0.1, 0.15) is 0 Å². The average molecular weight is 447 g/mol. The minimum Gasteiger partial charge on any atom is -0.139 e. The molecular weight excluding hydrogens is 424 g/mol. The Morgan fingerprint density at radius 3 is 1.22 bits per heavy atom. The van der Waals surface area contributed by atoms with Crippen molar-refractivity contribution in [1.29, 1.82) is 0 Å². The third kappa shape index (κ3) is 3.56. The van der Waals surface area contributed by atoms with E-state index in [1.165, 1.54) is 52.2 Å². The first-order valence-electron chi connectivity index (χ1n) is 11.0. The second kappa shape index (κ2) is 8.38. The lowest BCUT2D eigenvalue weighted by atomic mass is 9.94.